The first-order valence-corrected chi connectivity index (χ1v) is 6.93. The van der Waals surface area contributed by atoms with Crippen molar-refractivity contribution in [1.82, 2.24) is 0 Å². The van der Waals surface area contributed by atoms with Crippen LogP contribution in [0.3, 0.4) is 0 Å². The first kappa shape index (κ1) is 13.5. The summed E-state index contributed by atoms with van der Waals surface area (Å²) in [5.74, 6) is -0.834. The van der Waals surface area contributed by atoms with Crippen LogP contribution in [0.1, 0.15) is 13.3 Å². The molecule has 94 valence electrons. The van der Waals surface area contributed by atoms with E-state index in [1.807, 2.05) is 0 Å². The van der Waals surface area contributed by atoms with Gasteiger partial charge in [0.15, 0.2) is 15.9 Å². The van der Waals surface area contributed by atoms with Crippen molar-refractivity contribution in [2.45, 2.75) is 24.3 Å². The van der Waals surface area contributed by atoms with Gasteiger partial charge in [-0.3, -0.25) is 0 Å². The Morgan fingerprint density at radius 1 is 1.47 bits per heavy atom. The molecule has 0 saturated carbocycles. The van der Waals surface area contributed by atoms with Gasteiger partial charge in [0, 0.05) is 6.26 Å². The Balaban J connectivity index is 2.97. The number of sulfone groups is 1. The van der Waals surface area contributed by atoms with Crippen molar-refractivity contribution in [2.75, 3.05) is 6.26 Å². The molecule has 0 radical (unpaired) electrons. The standard InChI is InChI=1S/C11H14O5S/c1-3-10(11(12)13)16-8-5-4-6-9(7-8)17(2,14)15/h4-7,10H,3H2,1-2H3,(H,12,13). The summed E-state index contributed by atoms with van der Waals surface area (Å²) in [6.07, 6.45) is 0.420. The van der Waals surface area contributed by atoms with E-state index in [2.05, 4.69) is 0 Å². The van der Waals surface area contributed by atoms with Gasteiger partial charge in [-0.1, -0.05) is 13.0 Å². The number of benzene rings is 1. The van der Waals surface area contributed by atoms with Gasteiger partial charge in [-0.25, -0.2) is 13.2 Å². The Morgan fingerprint density at radius 2 is 2.12 bits per heavy atom. The number of hydrogen-bond donors (Lipinski definition) is 1. The van der Waals surface area contributed by atoms with Crippen LogP contribution in [0.5, 0.6) is 5.75 Å². The Bertz CT molecular complexity index is 506. The van der Waals surface area contributed by atoms with Crippen molar-refractivity contribution in [1.29, 1.82) is 0 Å². The minimum atomic E-state index is -3.32. The van der Waals surface area contributed by atoms with Gasteiger partial charge in [0.1, 0.15) is 5.75 Å². The first-order chi connectivity index (χ1) is 7.84. The fraction of sp³-hybridized carbons (Fsp3) is 0.364. The molecule has 0 aliphatic heterocycles. The predicted molar refractivity (Wildman–Crippen MR) is 61.9 cm³/mol. The van der Waals surface area contributed by atoms with Gasteiger partial charge in [0.05, 0.1) is 4.90 Å². The molecule has 0 spiro atoms. The minimum absolute atomic E-state index is 0.107. The Hall–Kier alpha value is -1.56. The molecule has 0 heterocycles. The van der Waals surface area contributed by atoms with Crippen LogP contribution in [0.25, 0.3) is 0 Å². The third-order valence-corrected chi connectivity index (χ3v) is 3.27. The molecule has 0 fully saturated rings. The van der Waals surface area contributed by atoms with Crippen LogP contribution >= 0.6 is 0 Å². The van der Waals surface area contributed by atoms with Gasteiger partial charge < -0.3 is 9.84 Å². The highest BCUT2D eigenvalue weighted by molar-refractivity contribution is 7.90. The first-order valence-electron chi connectivity index (χ1n) is 5.04. The Morgan fingerprint density at radius 3 is 2.59 bits per heavy atom. The van der Waals surface area contributed by atoms with Crippen LogP contribution in [0, 0.1) is 0 Å². The third-order valence-electron chi connectivity index (χ3n) is 2.16. The molecular weight excluding hydrogens is 244 g/mol. The van der Waals surface area contributed by atoms with Crippen molar-refractivity contribution in [2.24, 2.45) is 0 Å². The highest BCUT2D eigenvalue weighted by atomic mass is 32.2. The number of carboxylic acids is 1. The summed E-state index contributed by atoms with van der Waals surface area (Å²) in [7, 11) is -3.32. The van der Waals surface area contributed by atoms with E-state index in [1.165, 1.54) is 24.3 Å². The summed E-state index contributed by atoms with van der Waals surface area (Å²) in [6.45, 7) is 1.68. The maximum absolute atomic E-state index is 11.3. The molecule has 1 aromatic rings. The monoisotopic (exact) mass is 258 g/mol. The zero-order valence-corrected chi connectivity index (χ0v) is 10.4. The van der Waals surface area contributed by atoms with E-state index in [-0.39, 0.29) is 10.6 Å². The second-order valence-electron chi connectivity index (χ2n) is 3.60. The third kappa shape index (κ3) is 3.74. The predicted octanol–water partition coefficient (Wildman–Crippen LogP) is 1.33. The lowest BCUT2D eigenvalue weighted by atomic mass is 10.2. The van der Waals surface area contributed by atoms with E-state index in [4.69, 9.17) is 9.84 Å². The molecule has 1 N–H and O–H groups in total. The summed E-state index contributed by atoms with van der Waals surface area (Å²) in [5.41, 5.74) is 0. The average molecular weight is 258 g/mol. The molecule has 1 atom stereocenters. The molecule has 1 rings (SSSR count). The van der Waals surface area contributed by atoms with Gasteiger partial charge >= 0.3 is 5.97 Å². The number of ether oxygens (including phenoxy) is 1. The van der Waals surface area contributed by atoms with Gasteiger partial charge in [0.25, 0.3) is 0 Å². The quantitative estimate of drug-likeness (QED) is 0.861. The maximum atomic E-state index is 11.3. The van der Waals surface area contributed by atoms with Crippen molar-refractivity contribution in [3.8, 4) is 5.75 Å². The van der Waals surface area contributed by atoms with Gasteiger partial charge in [-0.2, -0.15) is 0 Å². The lowest BCUT2D eigenvalue weighted by Crippen LogP contribution is -2.25. The van der Waals surface area contributed by atoms with Gasteiger partial charge in [0.2, 0.25) is 0 Å². The molecule has 17 heavy (non-hydrogen) atoms. The van der Waals surface area contributed by atoms with Crippen LogP contribution in [-0.4, -0.2) is 31.9 Å². The number of aliphatic carboxylic acids is 1. The molecule has 5 nitrogen and oxygen atoms in total. The topological polar surface area (TPSA) is 80.7 Å². The van der Waals surface area contributed by atoms with Crippen LogP contribution < -0.4 is 4.74 Å². The SMILES string of the molecule is CCC(Oc1cccc(S(C)(=O)=O)c1)C(=O)O. The summed E-state index contributed by atoms with van der Waals surface area (Å²) in [4.78, 5) is 10.9. The number of carboxylic acid groups (broad SMARTS) is 1. The fourth-order valence-electron chi connectivity index (χ4n) is 1.25. The van der Waals surface area contributed by atoms with Crippen molar-refractivity contribution >= 4 is 15.8 Å². The summed E-state index contributed by atoms with van der Waals surface area (Å²) < 4.78 is 27.8. The van der Waals surface area contributed by atoms with Gasteiger partial charge in [-0.05, 0) is 24.6 Å². The van der Waals surface area contributed by atoms with Crippen LogP contribution in [0.4, 0.5) is 0 Å². The largest absolute Gasteiger partial charge is 0.479 e. The smallest absolute Gasteiger partial charge is 0.344 e. The van der Waals surface area contributed by atoms with E-state index in [9.17, 15) is 13.2 Å². The summed E-state index contributed by atoms with van der Waals surface area (Å²) in [5, 5.41) is 8.82. The maximum Gasteiger partial charge on any atom is 0.344 e. The zero-order valence-electron chi connectivity index (χ0n) is 9.58. The normalized spacial score (nSPS) is 13.1. The van der Waals surface area contributed by atoms with E-state index < -0.39 is 21.9 Å². The van der Waals surface area contributed by atoms with E-state index in [1.54, 1.807) is 6.92 Å². The number of carbonyl (C=O) groups is 1. The fourth-order valence-corrected chi connectivity index (χ4v) is 1.91. The van der Waals surface area contributed by atoms with Crippen molar-refractivity contribution in [3.63, 3.8) is 0 Å². The van der Waals surface area contributed by atoms with Crippen LogP contribution in [-0.2, 0) is 14.6 Å². The summed E-state index contributed by atoms with van der Waals surface area (Å²) in [6, 6.07) is 5.80. The zero-order chi connectivity index (χ0) is 13.1. The Kier molecular flexibility index (Phi) is 4.11. The molecule has 0 amide bonds. The minimum Gasteiger partial charge on any atom is -0.479 e. The molecule has 6 heteroatoms. The molecule has 0 aliphatic carbocycles. The molecule has 0 bridgehead atoms. The van der Waals surface area contributed by atoms with Gasteiger partial charge in [-0.15, -0.1) is 0 Å². The molecular formula is C11H14O5S. The summed E-state index contributed by atoms with van der Waals surface area (Å²) >= 11 is 0. The second kappa shape index (κ2) is 5.18. The molecule has 1 aromatic carbocycles. The van der Waals surface area contributed by atoms with Crippen LogP contribution in [0.15, 0.2) is 29.2 Å². The highest BCUT2D eigenvalue weighted by Gasteiger charge is 2.17. The average Bonchev–Trinajstić information content (AvgIpc) is 2.24. The highest BCUT2D eigenvalue weighted by Crippen LogP contribution is 2.19. The molecule has 0 aliphatic rings. The van der Waals surface area contributed by atoms with E-state index in [0.29, 0.717) is 6.42 Å². The van der Waals surface area contributed by atoms with Crippen molar-refractivity contribution in [3.05, 3.63) is 24.3 Å². The lowest BCUT2D eigenvalue weighted by molar-refractivity contribution is -0.145. The van der Waals surface area contributed by atoms with Crippen LogP contribution in [0.2, 0.25) is 0 Å². The van der Waals surface area contributed by atoms with E-state index in [0.717, 1.165) is 6.26 Å². The molecule has 0 saturated heterocycles. The number of rotatable bonds is 5. The molecule has 0 aromatic heterocycles. The Labute approximate surface area is 100.0 Å². The van der Waals surface area contributed by atoms with Crippen molar-refractivity contribution < 1.29 is 23.1 Å². The van der Waals surface area contributed by atoms with E-state index >= 15 is 0 Å². The lowest BCUT2D eigenvalue weighted by Gasteiger charge is -2.13. The number of hydrogen-bond acceptors (Lipinski definition) is 4. The second-order valence-corrected chi connectivity index (χ2v) is 5.62. The molecule has 1 unspecified atom stereocenters.